The van der Waals surface area contributed by atoms with Crippen molar-refractivity contribution in [3.8, 4) is 5.75 Å². The number of carbonyl (C=O) groups is 1. The van der Waals surface area contributed by atoms with Crippen LogP contribution < -0.4 is 10.5 Å². The summed E-state index contributed by atoms with van der Waals surface area (Å²) in [5.41, 5.74) is 8.73. The van der Waals surface area contributed by atoms with Crippen LogP contribution in [-0.4, -0.2) is 12.9 Å². The van der Waals surface area contributed by atoms with E-state index in [2.05, 4.69) is 6.92 Å². The molecule has 0 spiro atoms. The molecule has 0 radical (unpaired) electrons. The molecule has 2 N–H and O–H groups in total. The minimum Gasteiger partial charge on any atom is -0.494 e. The molecule has 21 heavy (non-hydrogen) atoms. The van der Waals surface area contributed by atoms with Crippen molar-refractivity contribution in [3.63, 3.8) is 0 Å². The quantitative estimate of drug-likeness (QED) is 0.647. The molecular weight excluding hydrogens is 262 g/mol. The summed E-state index contributed by atoms with van der Waals surface area (Å²) < 4.78 is 5.25. The van der Waals surface area contributed by atoms with Gasteiger partial charge in [0, 0.05) is 5.56 Å². The molecule has 0 aliphatic rings. The summed E-state index contributed by atoms with van der Waals surface area (Å²) in [5, 5.41) is 0. The molecule has 0 fully saturated rings. The van der Waals surface area contributed by atoms with Crippen LogP contribution >= 0.6 is 0 Å². The van der Waals surface area contributed by atoms with Crippen LogP contribution in [0.2, 0.25) is 0 Å². The highest BCUT2D eigenvalue weighted by molar-refractivity contribution is 6.11. The maximum atomic E-state index is 12.6. The molecule has 0 unspecified atom stereocenters. The first-order chi connectivity index (χ1) is 10.2. The van der Waals surface area contributed by atoms with Crippen molar-refractivity contribution in [2.75, 3.05) is 12.8 Å². The van der Waals surface area contributed by atoms with Gasteiger partial charge in [-0.1, -0.05) is 43.7 Å². The highest BCUT2D eigenvalue weighted by Gasteiger charge is 2.16. The fourth-order valence-corrected chi connectivity index (χ4v) is 2.32. The molecule has 0 atom stereocenters. The summed E-state index contributed by atoms with van der Waals surface area (Å²) in [5.74, 6) is 0.374. The molecule has 2 aromatic carbocycles. The third-order valence-electron chi connectivity index (χ3n) is 3.53. The van der Waals surface area contributed by atoms with Gasteiger partial charge in [-0.15, -0.1) is 0 Å². The SMILES string of the molecule is CCCCc1ccc(C(=O)c2cccc(N)c2OC)cc1. The maximum Gasteiger partial charge on any atom is 0.196 e. The van der Waals surface area contributed by atoms with E-state index in [9.17, 15) is 4.79 Å². The number of benzene rings is 2. The summed E-state index contributed by atoms with van der Waals surface area (Å²) >= 11 is 0. The molecule has 2 rings (SSSR count). The summed E-state index contributed by atoms with van der Waals surface area (Å²) in [7, 11) is 1.52. The van der Waals surface area contributed by atoms with Crippen molar-refractivity contribution in [1.82, 2.24) is 0 Å². The van der Waals surface area contributed by atoms with Gasteiger partial charge in [-0.2, -0.15) is 0 Å². The number of nitrogen functional groups attached to an aromatic ring is 1. The number of para-hydroxylation sites is 1. The average molecular weight is 283 g/mol. The average Bonchev–Trinajstić information content (AvgIpc) is 2.52. The van der Waals surface area contributed by atoms with E-state index in [0.717, 1.165) is 12.8 Å². The van der Waals surface area contributed by atoms with Gasteiger partial charge in [0.05, 0.1) is 18.4 Å². The van der Waals surface area contributed by atoms with Gasteiger partial charge in [-0.3, -0.25) is 4.79 Å². The second-order valence-electron chi connectivity index (χ2n) is 5.06. The molecule has 3 nitrogen and oxygen atoms in total. The maximum absolute atomic E-state index is 12.6. The number of ether oxygens (including phenoxy) is 1. The van der Waals surface area contributed by atoms with Gasteiger partial charge >= 0.3 is 0 Å². The van der Waals surface area contributed by atoms with Gasteiger partial charge < -0.3 is 10.5 Å². The number of rotatable bonds is 6. The summed E-state index contributed by atoms with van der Waals surface area (Å²) in [6.07, 6.45) is 3.38. The van der Waals surface area contributed by atoms with E-state index >= 15 is 0 Å². The smallest absolute Gasteiger partial charge is 0.196 e. The molecule has 2 aromatic rings. The van der Waals surface area contributed by atoms with E-state index in [0.29, 0.717) is 22.6 Å². The molecule has 0 aliphatic heterocycles. The van der Waals surface area contributed by atoms with E-state index in [4.69, 9.17) is 10.5 Å². The Balaban J connectivity index is 2.26. The largest absolute Gasteiger partial charge is 0.494 e. The van der Waals surface area contributed by atoms with Crippen molar-refractivity contribution in [3.05, 3.63) is 59.2 Å². The Bertz CT molecular complexity index is 618. The Morgan fingerprint density at radius 3 is 2.48 bits per heavy atom. The van der Waals surface area contributed by atoms with Gasteiger partial charge in [-0.05, 0) is 30.5 Å². The first-order valence-electron chi connectivity index (χ1n) is 7.23. The zero-order valence-corrected chi connectivity index (χ0v) is 12.6. The van der Waals surface area contributed by atoms with Gasteiger partial charge in [0.1, 0.15) is 0 Å². The van der Waals surface area contributed by atoms with Crippen LogP contribution in [0.25, 0.3) is 0 Å². The van der Waals surface area contributed by atoms with Gasteiger partial charge in [0.15, 0.2) is 11.5 Å². The first kappa shape index (κ1) is 15.1. The van der Waals surface area contributed by atoms with Crippen molar-refractivity contribution >= 4 is 11.5 Å². The lowest BCUT2D eigenvalue weighted by Crippen LogP contribution is -2.06. The van der Waals surface area contributed by atoms with Crippen LogP contribution in [0.4, 0.5) is 5.69 Å². The number of carbonyl (C=O) groups excluding carboxylic acids is 1. The Kier molecular flexibility index (Phi) is 4.99. The molecule has 0 amide bonds. The predicted octanol–water partition coefficient (Wildman–Crippen LogP) is 3.85. The lowest BCUT2D eigenvalue weighted by molar-refractivity contribution is 0.103. The van der Waals surface area contributed by atoms with Crippen LogP contribution in [-0.2, 0) is 6.42 Å². The second-order valence-corrected chi connectivity index (χ2v) is 5.06. The Morgan fingerprint density at radius 1 is 1.14 bits per heavy atom. The van der Waals surface area contributed by atoms with E-state index in [-0.39, 0.29) is 5.78 Å². The fourth-order valence-electron chi connectivity index (χ4n) is 2.32. The van der Waals surface area contributed by atoms with Crippen LogP contribution in [0.5, 0.6) is 5.75 Å². The minimum absolute atomic E-state index is 0.0683. The van der Waals surface area contributed by atoms with Crippen LogP contribution in [0.3, 0.4) is 0 Å². The lowest BCUT2D eigenvalue weighted by atomic mass is 9.99. The number of aryl methyl sites for hydroxylation is 1. The highest BCUT2D eigenvalue weighted by atomic mass is 16.5. The number of unbranched alkanes of at least 4 members (excludes halogenated alkanes) is 1. The van der Waals surface area contributed by atoms with Crippen molar-refractivity contribution in [2.45, 2.75) is 26.2 Å². The summed E-state index contributed by atoms with van der Waals surface area (Å²) in [6.45, 7) is 2.17. The first-order valence-corrected chi connectivity index (χ1v) is 7.23. The number of anilines is 1. The number of hydrogen-bond acceptors (Lipinski definition) is 3. The topological polar surface area (TPSA) is 52.3 Å². The van der Waals surface area contributed by atoms with Gasteiger partial charge in [0.2, 0.25) is 0 Å². The predicted molar refractivity (Wildman–Crippen MR) is 85.9 cm³/mol. The number of methoxy groups -OCH3 is 1. The highest BCUT2D eigenvalue weighted by Crippen LogP contribution is 2.28. The van der Waals surface area contributed by atoms with Crippen LogP contribution in [0, 0.1) is 0 Å². The van der Waals surface area contributed by atoms with E-state index < -0.39 is 0 Å². The Morgan fingerprint density at radius 2 is 1.86 bits per heavy atom. The van der Waals surface area contributed by atoms with E-state index in [1.807, 2.05) is 24.3 Å². The third kappa shape index (κ3) is 3.43. The molecular formula is C18H21NO2. The molecule has 3 heteroatoms. The molecule has 0 saturated heterocycles. The van der Waals surface area contributed by atoms with Gasteiger partial charge in [-0.25, -0.2) is 0 Å². The van der Waals surface area contributed by atoms with Crippen molar-refractivity contribution in [2.24, 2.45) is 0 Å². The van der Waals surface area contributed by atoms with Gasteiger partial charge in [0.25, 0.3) is 0 Å². The monoisotopic (exact) mass is 283 g/mol. The van der Waals surface area contributed by atoms with E-state index in [1.54, 1.807) is 18.2 Å². The molecule has 0 heterocycles. The zero-order chi connectivity index (χ0) is 15.2. The number of hydrogen-bond donors (Lipinski definition) is 1. The van der Waals surface area contributed by atoms with Crippen LogP contribution in [0.1, 0.15) is 41.3 Å². The molecule has 0 bridgehead atoms. The van der Waals surface area contributed by atoms with Crippen LogP contribution in [0.15, 0.2) is 42.5 Å². The summed E-state index contributed by atoms with van der Waals surface area (Å²) in [6, 6.07) is 13.0. The molecule has 110 valence electrons. The molecule has 0 aliphatic carbocycles. The normalized spacial score (nSPS) is 10.4. The Hall–Kier alpha value is -2.29. The molecule has 0 aromatic heterocycles. The zero-order valence-electron chi connectivity index (χ0n) is 12.6. The minimum atomic E-state index is -0.0683. The standard InChI is InChI=1S/C18H21NO2/c1-3-4-6-13-9-11-14(12-10-13)17(20)15-7-5-8-16(19)18(15)21-2/h5,7-12H,3-4,6,19H2,1-2H3. The summed E-state index contributed by atoms with van der Waals surface area (Å²) in [4.78, 5) is 12.6. The molecule has 0 saturated carbocycles. The van der Waals surface area contributed by atoms with Crippen molar-refractivity contribution < 1.29 is 9.53 Å². The fraction of sp³-hybridized carbons (Fsp3) is 0.278. The Labute approximate surface area is 125 Å². The lowest BCUT2D eigenvalue weighted by Gasteiger charge is -2.10. The van der Waals surface area contributed by atoms with E-state index in [1.165, 1.54) is 19.1 Å². The number of nitrogens with two attached hydrogens (primary N) is 1. The third-order valence-corrected chi connectivity index (χ3v) is 3.53. The van der Waals surface area contributed by atoms with Crippen molar-refractivity contribution in [1.29, 1.82) is 0 Å². The second kappa shape index (κ2) is 6.93. The number of ketones is 1.